The van der Waals surface area contributed by atoms with E-state index < -0.39 is 0 Å². The minimum atomic E-state index is -0.300. The van der Waals surface area contributed by atoms with Crippen molar-refractivity contribution in [2.45, 2.75) is 38.8 Å². The fourth-order valence-corrected chi connectivity index (χ4v) is 3.38. The molecule has 23 heavy (non-hydrogen) atoms. The number of carbonyl (C=O) groups excluding carboxylic acids is 2. The summed E-state index contributed by atoms with van der Waals surface area (Å²) in [7, 11) is 0. The summed E-state index contributed by atoms with van der Waals surface area (Å²) in [6, 6.07) is 10.4. The van der Waals surface area contributed by atoms with Crippen LogP contribution >= 0.6 is 0 Å². The molecule has 0 bridgehead atoms. The number of hydrogen-bond donors (Lipinski definition) is 1. The van der Waals surface area contributed by atoms with E-state index in [9.17, 15) is 9.59 Å². The van der Waals surface area contributed by atoms with Crippen LogP contribution in [0.25, 0.3) is 10.9 Å². The summed E-state index contributed by atoms with van der Waals surface area (Å²) in [5.41, 5.74) is 6.55. The van der Waals surface area contributed by atoms with Crippen LogP contribution in [-0.2, 0) is 16.1 Å². The van der Waals surface area contributed by atoms with E-state index in [0.29, 0.717) is 19.5 Å². The van der Waals surface area contributed by atoms with Gasteiger partial charge in [0, 0.05) is 37.3 Å². The molecule has 122 valence electrons. The first-order valence-electron chi connectivity index (χ1n) is 8.19. The summed E-state index contributed by atoms with van der Waals surface area (Å²) in [5.74, 6) is -0.408. The van der Waals surface area contributed by atoms with Crippen molar-refractivity contribution in [1.82, 2.24) is 9.47 Å². The van der Waals surface area contributed by atoms with Gasteiger partial charge in [-0.1, -0.05) is 18.2 Å². The highest BCUT2D eigenvalue weighted by atomic mass is 16.2. The second-order valence-corrected chi connectivity index (χ2v) is 6.39. The number of nitrogens with zero attached hydrogens (tertiary/aromatic N) is 2. The van der Waals surface area contributed by atoms with Gasteiger partial charge in [0.25, 0.3) is 0 Å². The number of carbonyl (C=O) groups is 2. The third-order valence-corrected chi connectivity index (χ3v) is 4.85. The highest BCUT2D eigenvalue weighted by Crippen LogP contribution is 2.23. The largest absolute Gasteiger partial charge is 0.369 e. The summed E-state index contributed by atoms with van der Waals surface area (Å²) < 4.78 is 2.10. The SMILES string of the molecule is CC1CCC(C(N)=O)CN1C(=O)CCn1ccc2ccccc21. The number of aryl methyl sites for hydroxylation is 1. The summed E-state index contributed by atoms with van der Waals surface area (Å²) >= 11 is 0. The van der Waals surface area contributed by atoms with Gasteiger partial charge in [0.05, 0.1) is 5.92 Å². The van der Waals surface area contributed by atoms with Gasteiger partial charge >= 0.3 is 0 Å². The topological polar surface area (TPSA) is 68.3 Å². The molecule has 5 nitrogen and oxygen atoms in total. The molecule has 1 aliphatic heterocycles. The molecule has 3 rings (SSSR count). The molecule has 2 unspecified atom stereocenters. The van der Waals surface area contributed by atoms with Gasteiger partial charge in [-0.2, -0.15) is 0 Å². The van der Waals surface area contributed by atoms with Crippen LogP contribution in [0.3, 0.4) is 0 Å². The van der Waals surface area contributed by atoms with E-state index in [0.717, 1.165) is 18.4 Å². The van der Waals surface area contributed by atoms with E-state index in [4.69, 9.17) is 5.73 Å². The molecule has 0 spiro atoms. The quantitative estimate of drug-likeness (QED) is 0.939. The minimum Gasteiger partial charge on any atom is -0.369 e. The Labute approximate surface area is 136 Å². The van der Waals surface area contributed by atoms with E-state index in [1.807, 2.05) is 30.2 Å². The monoisotopic (exact) mass is 313 g/mol. The molecule has 1 saturated heterocycles. The van der Waals surface area contributed by atoms with Crippen molar-refractivity contribution >= 4 is 22.7 Å². The van der Waals surface area contributed by atoms with Crippen LogP contribution in [-0.4, -0.2) is 33.9 Å². The summed E-state index contributed by atoms with van der Waals surface area (Å²) in [4.78, 5) is 25.8. The Balaban J connectivity index is 1.65. The zero-order chi connectivity index (χ0) is 16.4. The van der Waals surface area contributed by atoms with Gasteiger partial charge in [0.15, 0.2) is 0 Å². The van der Waals surface area contributed by atoms with Gasteiger partial charge in [-0.15, -0.1) is 0 Å². The number of amides is 2. The third-order valence-electron chi connectivity index (χ3n) is 4.85. The number of benzene rings is 1. The normalized spacial score (nSPS) is 21.5. The Morgan fingerprint density at radius 2 is 2.00 bits per heavy atom. The molecule has 1 aromatic carbocycles. The number of nitrogens with two attached hydrogens (primary N) is 1. The molecule has 1 aliphatic rings. The molecule has 2 amide bonds. The first-order valence-corrected chi connectivity index (χ1v) is 8.19. The van der Waals surface area contributed by atoms with Gasteiger partial charge in [0.1, 0.15) is 0 Å². The molecule has 0 radical (unpaired) electrons. The second kappa shape index (κ2) is 6.44. The molecule has 0 saturated carbocycles. The number of likely N-dealkylation sites (tertiary alicyclic amines) is 1. The van der Waals surface area contributed by atoms with E-state index in [1.165, 1.54) is 5.39 Å². The van der Waals surface area contributed by atoms with Crippen molar-refractivity contribution < 1.29 is 9.59 Å². The average molecular weight is 313 g/mol. The van der Waals surface area contributed by atoms with Crippen LogP contribution in [0.1, 0.15) is 26.2 Å². The maximum Gasteiger partial charge on any atom is 0.224 e. The maximum atomic E-state index is 12.6. The van der Waals surface area contributed by atoms with Crippen molar-refractivity contribution in [1.29, 1.82) is 0 Å². The number of piperidine rings is 1. The van der Waals surface area contributed by atoms with Crippen molar-refractivity contribution in [3.8, 4) is 0 Å². The van der Waals surface area contributed by atoms with Gasteiger partial charge in [-0.05, 0) is 37.3 Å². The summed E-state index contributed by atoms with van der Waals surface area (Å²) in [6.07, 6.45) is 4.08. The zero-order valence-electron chi connectivity index (χ0n) is 13.4. The Morgan fingerprint density at radius 3 is 2.78 bits per heavy atom. The molecule has 2 atom stereocenters. The highest BCUT2D eigenvalue weighted by Gasteiger charge is 2.31. The number of hydrogen-bond acceptors (Lipinski definition) is 2. The molecule has 2 N–H and O–H groups in total. The van der Waals surface area contributed by atoms with Crippen LogP contribution < -0.4 is 5.73 Å². The Kier molecular flexibility index (Phi) is 4.37. The first kappa shape index (κ1) is 15.6. The van der Waals surface area contributed by atoms with Crippen LogP contribution in [0.2, 0.25) is 0 Å². The molecular formula is C18H23N3O2. The lowest BCUT2D eigenvalue weighted by molar-refractivity contribution is -0.137. The number of fused-ring (bicyclic) bond motifs is 1. The first-order chi connectivity index (χ1) is 11.1. The predicted molar refractivity (Wildman–Crippen MR) is 89.6 cm³/mol. The number of primary amides is 1. The molecule has 0 aliphatic carbocycles. The van der Waals surface area contributed by atoms with Crippen molar-refractivity contribution in [2.24, 2.45) is 11.7 Å². The van der Waals surface area contributed by atoms with Crippen molar-refractivity contribution in [2.75, 3.05) is 6.54 Å². The van der Waals surface area contributed by atoms with Crippen molar-refractivity contribution in [3.05, 3.63) is 36.5 Å². The summed E-state index contributed by atoms with van der Waals surface area (Å²) in [6.45, 7) is 3.15. The lowest BCUT2D eigenvalue weighted by atomic mass is 9.92. The highest BCUT2D eigenvalue weighted by molar-refractivity contribution is 5.82. The average Bonchev–Trinajstić information content (AvgIpc) is 2.96. The van der Waals surface area contributed by atoms with Crippen LogP contribution in [0.5, 0.6) is 0 Å². The molecule has 1 fully saturated rings. The Morgan fingerprint density at radius 1 is 1.22 bits per heavy atom. The fourth-order valence-electron chi connectivity index (χ4n) is 3.38. The molecular weight excluding hydrogens is 290 g/mol. The van der Waals surface area contributed by atoms with E-state index >= 15 is 0 Å². The summed E-state index contributed by atoms with van der Waals surface area (Å²) in [5, 5.41) is 1.18. The molecule has 5 heteroatoms. The van der Waals surface area contributed by atoms with E-state index in [2.05, 4.69) is 22.8 Å². The maximum absolute atomic E-state index is 12.6. The number of rotatable bonds is 4. The number of para-hydroxylation sites is 1. The third kappa shape index (κ3) is 3.23. The van der Waals surface area contributed by atoms with Gasteiger partial charge in [0.2, 0.25) is 11.8 Å². The van der Waals surface area contributed by atoms with Gasteiger partial charge in [-0.3, -0.25) is 9.59 Å². The van der Waals surface area contributed by atoms with Gasteiger partial charge in [-0.25, -0.2) is 0 Å². The van der Waals surface area contributed by atoms with Crippen LogP contribution in [0.15, 0.2) is 36.5 Å². The van der Waals surface area contributed by atoms with E-state index in [-0.39, 0.29) is 23.8 Å². The zero-order valence-corrected chi connectivity index (χ0v) is 13.4. The van der Waals surface area contributed by atoms with Crippen LogP contribution in [0.4, 0.5) is 0 Å². The second-order valence-electron chi connectivity index (χ2n) is 6.39. The smallest absolute Gasteiger partial charge is 0.224 e. The van der Waals surface area contributed by atoms with E-state index in [1.54, 1.807) is 0 Å². The molecule has 1 aromatic heterocycles. The number of aromatic nitrogens is 1. The molecule has 2 heterocycles. The van der Waals surface area contributed by atoms with Crippen molar-refractivity contribution in [3.63, 3.8) is 0 Å². The lowest BCUT2D eigenvalue weighted by Crippen LogP contribution is -2.48. The predicted octanol–water partition coefficient (Wildman–Crippen LogP) is 2.14. The van der Waals surface area contributed by atoms with Gasteiger partial charge < -0.3 is 15.2 Å². The fraction of sp³-hybridized carbons (Fsp3) is 0.444. The van der Waals surface area contributed by atoms with Crippen LogP contribution in [0, 0.1) is 5.92 Å². The molecule has 2 aromatic rings. The minimum absolute atomic E-state index is 0.0984. The lowest BCUT2D eigenvalue weighted by Gasteiger charge is -2.37. The Hall–Kier alpha value is -2.30. The Bertz CT molecular complexity index is 722. The standard InChI is InChI=1S/C18H23N3O2/c1-13-6-7-15(18(19)23)12-21(13)17(22)9-11-20-10-8-14-4-2-3-5-16(14)20/h2-5,8,10,13,15H,6-7,9,11-12H2,1H3,(H2,19,23).